The first-order valence-electron chi connectivity index (χ1n) is 9.67. The van der Waals surface area contributed by atoms with E-state index in [0.29, 0.717) is 31.1 Å². The van der Waals surface area contributed by atoms with Crippen LogP contribution in [-0.2, 0) is 13.1 Å². The summed E-state index contributed by atoms with van der Waals surface area (Å²) in [6, 6.07) is 18.3. The molecule has 146 valence electrons. The van der Waals surface area contributed by atoms with Gasteiger partial charge in [-0.25, -0.2) is 4.39 Å². The van der Waals surface area contributed by atoms with E-state index >= 15 is 0 Å². The van der Waals surface area contributed by atoms with Gasteiger partial charge in [0, 0.05) is 30.5 Å². The number of benzene rings is 2. The Bertz CT molecular complexity index is 928. The van der Waals surface area contributed by atoms with E-state index in [-0.39, 0.29) is 11.7 Å². The van der Waals surface area contributed by atoms with Gasteiger partial charge in [-0.2, -0.15) is 0 Å². The lowest BCUT2D eigenvalue weighted by atomic mass is 10.1. The summed E-state index contributed by atoms with van der Waals surface area (Å²) in [4.78, 5) is 15.0. The SMILES string of the molecule is Cc1ccc(C(=O)N(Cc2cccn2Cc2cccc(F)c2)CC(C)C)cc1. The summed E-state index contributed by atoms with van der Waals surface area (Å²) in [5.74, 6) is 0.162. The molecule has 0 fully saturated rings. The zero-order valence-electron chi connectivity index (χ0n) is 16.7. The largest absolute Gasteiger partial charge is 0.345 e. The average molecular weight is 378 g/mol. The summed E-state index contributed by atoms with van der Waals surface area (Å²) in [5, 5.41) is 0. The molecule has 3 aromatic rings. The molecule has 0 atom stereocenters. The predicted octanol–water partition coefficient (Wildman–Crippen LogP) is 5.28. The Balaban J connectivity index is 1.81. The summed E-state index contributed by atoms with van der Waals surface area (Å²) in [7, 11) is 0. The molecule has 1 aromatic heterocycles. The fraction of sp³-hybridized carbons (Fsp3) is 0.292. The van der Waals surface area contributed by atoms with Crippen LogP contribution in [-0.4, -0.2) is 21.9 Å². The number of amides is 1. The highest BCUT2D eigenvalue weighted by Crippen LogP contribution is 2.16. The number of carbonyl (C=O) groups excluding carboxylic acids is 1. The molecule has 1 amide bonds. The fourth-order valence-corrected chi connectivity index (χ4v) is 3.31. The fourth-order valence-electron chi connectivity index (χ4n) is 3.31. The first-order chi connectivity index (χ1) is 13.4. The normalized spacial score (nSPS) is 11.0. The van der Waals surface area contributed by atoms with Crippen LogP contribution in [0.3, 0.4) is 0 Å². The van der Waals surface area contributed by atoms with Crippen molar-refractivity contribution in [2.75, 3.05) is 6.54 Å². The molecule has 0 N–H and O–H groups in total. The van der Waals surface area contributed by atoms with Gasteiger partial charge in [-0.3, -0.25) is 4.79 Å². The van der Waals surface area contributed by atoms with E-state index in [0.717, 1.165) is 16.8 Å². The molecule has 3 nitrogen and oxygen atoms in total. The molecule has 0 saturated carbocycles. The highest BCUT2D eigenvalue weighted by atomic mass is 19.1. The van der Waals surface area contributed by atoms with Crippen LogP contribution in [0.25, 0.3) is 0 Å². The molecular weight excluding hydrogens is 351 g/mol. The van der Waals surface area contributed by atoms with Gasteiger partial charge in [0.05, 0.1) is 6.54 Å². The van der Waals surface area contributed by atoms with E-state index < -0.39 is 0 Å². The molecule has 0 radical (unpaired) electrons. The number of aromatic nitrogens is 1. The Morgan fingerprint density at radius 1 is 1.07 bits per heavy atom. The van der Waals surface area contributed by atoms with E-state index in [2.05, 4.69) is 18.4 Å². The smallest absolute Gasteiger partial charge is 0.254 e. The van der Waals surface area contributed by atoms with Crippen molar-refractivity contribution in [2.45, 2.75) is 33.9 Å². The highest BCUT2D eigenvalue weighted by molar-refractivity contribution is 5.94. The molecule has 28 heavy (non-hydrogen) atoms. The van der Waals surface area contributed by atoms with Crippen molar-refractivity contribution >= 4 is 5.91 Å². The van der Waals surface area contributed by atoms with Crippen molar-refractivity contribution in [3.05, 3.63) is 95.1 Å². The molecule has 0 aliphatic rings. The zero-order valence-corrected chi connectivity index (χ0v) is 16.7. The van der Waals surface area contributed by atoms with Crippen LogP contribution in [0.15, 0.2) is 66.9 Å². The van der Waals surface area contributed by atoms with Crippen molar-refractivity contribution in [2.24, 2.45) is 5.92 Å². The second kappa shape index (κ2) is 8.87. The van der Waals surface area contributed by atoms with E-state index in [9.17, 15) is 9.18 Å². The first kappa shape index (κ1) is 19.9. The summed E-state index contributed by atoms with van der Waals surface area (Å²) >= 11 is 0. The van der Waals surface area contributed by atoms with Crippen LogP contribution in [0, 0.1) is 18.7 Å². The third kappa shape index (κ3) is 5.10. The van der Waals surface area contributed by atoms with E-state index in [1.807, 2.05) is 60.5 Å². The van der Waals surface area contributed by atoms with Crippen LogP contribution in [0.1, 0.15) is 41.0 Å². The van der Waals surface area contributed by atoms with Gasteiger partial charge in [0.15, 0.2) is 0 Å². The van der Waals surface area contributed by atoms with Crippen LogP contribution in [0.2, 0.25) is 0 Å². The maximum Gasteiger partial charge on any atom is 0.254 e. The predicted molar refractivity (Wildman–Crippen MR) is 111 cm³/mol. The number of rotatable bonds is 7. The number of hydrogen-bond donors (Lipinski definition) is 0. The van der Waals surface area contributed by atoms with Crippen LogP contribution in [0.4, 0.5) is 4.39 Å². The topological polar surface area (TPSA) is 25.2 Å². The number of carbonyl (C=O) groups is 1. The molecule has 1 heterocycles. The average Bonchev–Trinajstić information content (AvgIpc) is 3.07. The van der Waals surface area contributed by atoms with E-state index in [4.69, 9.17) is 0 Å². The van der Waals surface area contributed by atoms with Crippen molar-refractivity contribution in [1.29, 1.82) is 0 Å². The quantitative estimate of drug-likeness (QED) is 0.549. The third-order valence-electron chi connectivity index (χ3n) is 4.69. The molecule has 0 aliphatic heterocycles. The Morgan fingerprint density at radius 2 is 1.82 bits per heavy atom. The Morgan fingerprint density at radius 3 is 2.50 bits per heavy atom. The van der Waals surface area contributed by atoms with E-state index in [1.54, 1.807) is 12.1 Å². The monoisotopic (exact) mass is 378 g/mol. The van der Waals surface area contributed by atoms with Crippen molar-refractivity contribution < 1.29 is 9.18 Å². The van der Waals surface area contributed by atoms with Crippen LogP contribution >= 0.6 is 0 Å². The van der Waals surface area contributed by atoms with Crippen LogP contribution in [0.5, 0.6) is 0 Å². The lowest BCUT2D eigenvalue weighted by Gasteiger charge is -2.25. The molecule has 0 saturated heterocycles. The lowest BCUT2D eigenvalue weighted by Crippen LogP contribution is -2.34. The van der Waals surface area contributed by atoms with E-state index in [1.165, 1.54) is 6.07 Å². The number of nitrogens with zero attached hydrogens (tertiary/aromatic N) is 2. The maximum absolute atomic E-state index is 13.5. The van der Waals surface area contributed by atoms with Crippen molar-refractivity contribution in [3.63, 3.8) is 0 Å². The Kier molecular flexibility index (Phi) is 6.30. The minimum absolute atomic E-state index is 0.0344. The Labute approximate surface area is 166 Å². The molecule has 3 rings (SSSR count). The van der Waals surface area contributed by atoms with Gasteiger partial charge in [-0.15, -0.1) is 0 Å². The zero-order chi connectivity index (χ0) is 20.1. The minimum Gasteiger partial charge on any atom is -0.345 e. The summed E-state index contributed by atoms with van der Waals surface area (Å²) in [6.07, 6.45) is 1.98. The molecule has 4 heteroatoms. The van der Waals surface area contributed by atoms with Gasteiger partial charge in [-0.1, -0.05) is 43.7 Å². The number of hydrogen-bond acceptors (Lipinski definition) is 1. The summed E-state index contributed by atoms with van der Waals surface area (Å²) in [5.41, 5.74) is 3.77. The second-order valence-electron chi connectivity index (χ2n) is 7.70. The van der Waals surface area contributed by atoms with Gasteiger partial charge in [-0.05, 0) is 54.8 Å². The van der Waals surface area contributed by atoms with Gasteiger partial charge < -0.3 is 9.47 Å². The third-order valence-corrected chi connectivity index (χ3v) is 4.69. The molecule has 0 unspecified atom stereocenters. The maximum atomic E-state index is 13.5. The van der Waals surface area contributed by atoms with Crippen LogP contribution < -0.4 is 0 Å². The number of aryl methyl sites for hydroxylation is 1. The first-order valence-corrected chi connectivity index (χ1v) is 9.67. The number of halogens is 1. The molecule has 0 bridgehead atoms. The highest BCUT2D eigenvalue weighted by Gasteiger charge is 2.18. The van der Waals surface area contributed by atoms with Gasteiger partial charge >= 0.3 is 0 Å². The summed E-state index contributed by atoms with van der Waals surface area (Å²) < 4.78 is 15.6. The minimum atomic E-state index is -0.234. The second-order valence-corrected chi connectivity index (χ2v) is 7.70. The van der Waals surface area contributed by atoms with Gasteiger partial charge in [0.1, 0.15) is 5.82 Å². The van der Waals surface area contributed by atoms with Crippen molar-refractivity contribution in [1.82, 2.24) is 9.47 Å². The molecule has 0 spiro atoms. The molecule has 0 aliphatic carbocycles. The Hall–Kier alpha value is -2.88. The standard InChI is InChI=1S/C24H27FN2O/c1-18(2)15-27(24(28)21-11-9-19(3)10-12-21)17-23-8-5-13-26(23)16-20-6-4-7-22(25)14-20/h4-14,18H,15-17H2,1-3H3. The van der Waals surface area contributed by atoms with Gasteiger partial charge in [0.25, 0.3) is 5.91 Å². The van der Waals surface area contributed by atoms with Gasteiger partial charge in [0.2, 0.25) is 0 Å². The summed E-state index contributed by atoms with van der Waals surface area (Å²) in [6.45, 7) is 8.02. The van der Waals surface area contributed by atoms with Crippen molar-refractivity contribution in [3.8, 4) is 0 Å². The molecular formula is C24H27FN2O. The molecule has 2 aromatic carbocycles. The lowest BCUT2D eigenvalue weighted by molar-refractivity contribution is 0.0718.